The number of ether oxygens (including phenoxy) is 4. The second-order valence-electron chi connectivity index (χ2n) is 22.5. The highest BCUT2D eigenvalue weighted by Crippen LogP contribution is 2.60. The van der Waals surface area contributed by atoms with Crippen molar-refractivity contribution in [3.8, 4) is 5.88 Å². The van der Waals surface area contributed by atoms with E-state index in [1.165, 1.54) is 35.1 Å². The molecular formula is C54H71N13O18P2S2. The number of nitrogens with zero attached hydrogens (tertiary/aromatic N) is 6. The summed E-state index contributed by atoms with van der Waals surface area (Å²) in [6.45, 7) is -0.957. The first-order valence-electron chi connectivity index (χ1n) is 28.2. The van der Waals surface area contributed by atoms with E-state index in [0.29, 0.717) is 29.1 Å². The zero-order chi connectivity index (χ0) is 64.4. The van der Waals surface area contributed by atoms with Gasteiger partial charge in [-0.25, -0.2) is 38.5 Å². The Labute approximate surface area is 520 Å². The molecule has 11 atom stereocenters. The molecule has 3 fully saturated rings. The monoisotopic (exact) mass is 1320 g/mol. The van der Waals surface area contributed by atoms with Crippen LogP contribution < -0.4 is 42.6 Å². The van der Waals surface area contributed by atoms with Crippen molar-refractivity contribution in [1.82, 2.24) is 50.3 Å². The van der Waals surface area contributed by atoms with Crippen molar-refractivity contribution in [3.63, 3.8) is 0 Å². The number of nitrogens with one attached hydrogen (secondary N) is 6. The van der Waals surface area contributed by atoms with E-state index in [9.17, 15) is 47.8 Å². The van der Waals surface area contributed by atoms with Crippen LogP contribution in [0.15, 0.2) is 78.2 Å². The number of H-pyrrole nitrogens is 1. The molecule has 3 aromatic heterocycles. The van der Waals surface area contributed by atoms with Gasteiger partial charge in [-0.05, 0) is 87.6 Å². The van der Waals surface area contributed by atoms with E-state index in [0.717, 1.165) is 6.33 Å². The van der Waals surface area contributed by atoms with E-state index in [4.69, 9.17) is 42.8 Å². The molecule has 482 valence electrons. The number of carbonyl (C=O) groups excluding carboxylic acids is 6. The number of nitrogens with two attached hydrogens (primary N) is 1. The summed E-state index contributed by atoms with van der Waals surface area (Å²) < 4.78 is 75.1. The number of urea groups is 1. The average Bonchev–Trinajstić information content (AvgIpc) is 2.05. The normalized spacial score (nSPS) is 24.4. The summed E-state index contributed by atoms with van der Waals surface area (Å²) in [6.07, 6.45) is -3.48. The van der Waals surface area contributed by atoms with E-state index < -0.39 is 116 Å². The van der Waals surface area contributed by atoms with Crippen molar-refractivity contribution in [1.29, 1.82) is 0 Å². The molecule has 8 rings (SSSR count). The van der Waals surface area contributed by atoms with Crippen LogP contribution in [0, 0.1) is 11.8 Å². The number of hydrogen-bond acceptors (Lipinski definition) is 22. The molecule has 1 aliphatic carbocycles. The molecule has 0 unspecified atom stereocenters. The van der Waals surface area contributed by atoms with Crippen LogP contribution in [0.1, 0.15) is 94.4 Å². The first-order chi connectivity index (χ1) is 42.1. The number of carbonyl (C=O) groups is 6. The fourth-order valence-corrected chi connectivity index (χ4v) is 12.9. The number of aliphatic hydroxyl groups excluding tert-OH is 1. The fourth-order valence-electron chi connectivity index (χ4n) is 9.88. The summed E-state index contributed by atoms with van der Waals surface area (Å²) in [5.41, 5.74) is 4.47. The molecule has 0 radical (unpaired) electrons. The largest absolute Gasteiger partial charge is 0.474 e. The van der Waals surface area contributed by atoms with Gasteiger partial charge in [-0.2, -0.15) is 4.98 Å². The molecule has 89 heavy (non-hydrogen) atoms. The van der Waals surface area contributed by atoms with Crippen LogP contribution in [-0.4, -0.2) is 150 Å². The van der Waals surface area contributed by atoms with Gasteiger partial charge in [0, 0.05) is 50.1 Å². The third-order valence-electron chi connectivity index (χ3n) is 14.1. The molecule has 3 aliphatic rings. The van der Waals surface area contributed by atoms with Crippen LogP contribution in [0.5, 0.6) is 5.88 Å². The first kappa shape index (κ1) is 67.7. The Balaban J connectivity index is 0.882. The van der Waals surface area contributed by atoms with E-state index >= 15 is 0 Å². The number of rotatable bonds is 19. The topological polar surface area (TPSA) is 409 Å². The Bertz CT molecular complexity index is 3510. The molecule has 1 saturated carbocycles. The first-order valence-corrected chi connectivity index (χ1v) is 33.5. The Morgan fingerprint density at radius 3 is 2.39 bits per heavy atom. The molecule has 2 aliphatic heterocycles. The number of aromatic amines is 1. The van der Waals surface area contributed by atoms with E-state index in [1.807, 2.05) is 0 Å². The molecule has 0 spiro atoms. The number of aliphatic hydroxyl groups is 1. The summed E-state index contributed by atoms with van der Waals surface area (Å²) in [5, 5.41) is 24.7. The second-order valence-corrected chi connectivity index (χ2v) is 28.2. The van der Waals surface area contributed by atoms with Gasteiger partial charge >= 0.3 is 31.8 Å². The number of alkyl carbamates (subject to hydrolysis) is 1. The zero-order valence-electron chi connectivity index (χ0n) is 49.2. The third-order valence-corrected chi connectivity index (χ3v) is 17.4. The number of hydrogen-bond donors (Lipinski definition) is 10. The van der Waals surface area contributed by atoms with Gasteiger partial charge in [0.05, 0.1) is 25.6 Å². The standard InChI is InChI=1S/C54H71N13O18P2S2/c1-29(2)40(62-52(74)83-54(3,4)5)47(71)61-36(12-9-19-57-50(55)73)46(70)60-33-15-13-30(14-16-33)25-78-53(75)66(6)24-32-10-7-8-11-35(32)45(69)64-51-63-44-41(48(72)65-51)59-28-67(44)49-43-42(68)38(82-49)26-80-87(77,89)84-37-23-34(81-39-17-20-56-27-58-39)22-31(37)18-21-79-86(76,88)85-43/h7-8,10-11,13-17,20,27-29,31,34,36-38,40,42-43,49,68H,9,12,18-19,21-26H2,1-6H3,(H,60,70)(H,61,71)(H,62,74)(H,76,88)(H,77,89)(H3,55,57,73)(H2,63,64,65,69,72)/t31-,34+,36-,37-,38+,40-,42+,43+,49+,86+,87+/m0/s1. The highest BCUT2D eigenvalue weighted by molar-refractivity contribution is 8.44. The quantitative estimate of drug-likeness (QED) is 0.0267. The summed E-state index contributed by atoms with van der Waals surface area (Å²) in [7, 11) is 1.45. The van der Waals surface area contributed by atoms with Gasteiger partial charge in [0.1, 0.15) is 55.0 Å². The maximum Gasteiger partial charge on any atom is 0.410 e. The third kappa shape index (κ3) is 18.9. The second kappa shape index (κ2) is 29.6. The van der Waals surface area contributed by atoms with Gasteiger partial charge in [0.15, 0.2) is 17.4 Å². The van der Waals surface area contributed by atoms with Crippen molar-refractivity contribution in [2.75, 3.05) is 37.4 Å². The smallest absolute Gasteiger partial charge is 0.410 e. The van der Waals surface area contributed by atoms with Crippen LogP contribution in [0.25, 0.3) is 11.2 Å². The van der Waals surface area contributed by atoms with Gasteiger partial charge in [-0.3, -0.25) is 47.6 Å². The lowest BCUT2D eigenvalue weighted by molar-refractivity contribution is -0.128. The predicted molar refractivity (Wildman–Crippen MR) is 325 cm³/mol. The molecule has 7 amide bonds. The summed E-state index contributed by atoms with van der Waals surface area (Å²) >= 11 is 8.46. The fraction of sp³-hybridized carbons (Fsp3) is 0.500. The molecule has 31 nitrogen and oxygen atoms in total. The molecule has 2 saturated heterocycles. The molecule has 2 aromatic carbocycles. The minimum absolute atomic E-state index is 0.0823. The van der Waals surface area contributed by atoms with Gasteiger partial charge in [0.25, 0.3) is 11.5 Å². The SMILES string of the molecule is CC(C)[C@H](NC(=O)OC(C)(C)C)C(=O)N[C@@H](CCCNC(N)=O)C(=O)Nc1ccc(COC(=O)N(C)Cc2ccccc2C(=O)Nc2nc3c(ncn3[C@@H]3O[C@@H]4CO[P@@](=O)(S)O[C@H]5C[C@H](Oc6ccncn6)C[C@@H]5CCO[P@@](=O)(S)O[C@@H]3[C@@H]4O)c(=O)[nH]2)cc1. The lowest BCUT2D eigenvalue weighted by atomic mass is 10.0. The summed E-state index contributed by atoms with van der Waals surface area (Å²) in [5.74, 6) is -2.74. The van der Waals surface area contributed by atoms with Gasteiger partial charge in [-0.15, -0.1) is 0 Å². The molecule has 9 N–H and O–H groups in total. The van der Waals surface area contributed by atoms with E-state index in [1.54, 1.807) is 83.1 Å². The number of anilines is 2. The molecule has 5 aromatic rings. The Hall–Kier alpha value is -7.19. The van der Waals surface area contributed by atoms with Crippen LogP contribution in [0.4, 0.5) is 26.0 Å². The number of benzene rings is 2. The highest BCUT2D eigenvalue weighted by Gasteiger charge is 2.51. The lowest BCUT2D eigenvalue weighted by Gasteiger charge is -2.27. The predicted octanol–water partition coefficient (Wildman–Crippen LogP) is 5.75. The van der Waals surface area contributed by atoms with Crippen LogP contribution in [0.2, 0.25) is 0 Å². The van der Waals surface area contributed by atoms with Crippen molar-refractivity contribution in [2.45, 2.75) is 134 Å². The minimum atomic E-state index is -4.31. The number of fused-ring (bicyclic) bond motifs is 4. The molecular weight excluding hydrogens is 1240 g/mol. The minimum Gasteiger partial charge on any atom is -0.474 e. The van der Waals surface area contributed by atoms with E-state index in [-0.39, 0.29) is 86.5 Å². The molecule has 35 heteroatoms. The highest BCUT2D eigenvalue weighted by atomic mass is 32.7. The number of imidazole rings is 1. The maximum absolute atomic E-state index is 14.0. The van der Waals surface area contributed by atoms with Gasteiger partial charge < -0.3 is 60.5 Å². The number of primary amides is 1. The Morgan fingerprint density at radius 2 is 1.69 bits per heavy atom. The average molecular weight is 1320 g/mol. The molecule has 2 bridgehead atoms. The van der Waals surface area contributed by atoms with Gasteiger partial charge in [0.2, 0.25) is 23.6 Å². The number of amides is 7. The number of aromatic nitrogens is 6. The van der Waals surface area contributed by atoms with Gasteiger partial charge in [-0.1, -0.05) is 68.7 Å². The summed E-state index contributed by atoms with van der Waals surface area (Å²) in [4.78, 5) is 112. The van der Waals surface area contributed by atoms with Crippen LogP contribution in [0.3, 0.4) is 0 Å². The van der Waals surface area contributed by atoms with Crippen molar-refractivity contribution in [3.05, 3.63) is 100 Å². The van der Waals surface area contributed by atoms with Crippen molar-refractivity contribution in [2.24, 2.45) is 17.6 Å². The Kier molecular flexibility index (Phi) is 22.5. The van der Waals surface area contributed by atoms with E-state index in [2.05, 4.69) is 76.0 Å². The lowest BCUT2D eigenvalue weighted by Crippen LogP contribution is -2.55. The Morgan fingerprint density at radius 1 is 0.944 bits per heavy atom. The maximum atomic E-state index is 14.0. The number of thiol groups is 2. The van der Waals surface area contributed by atoms with Crippen molar-refractivity contribution >= 4 is 96.8 Å². The summed E-state index contributed by atoms with van der Waals surface area (Å²) in [6, 6.07) is 11.3. The van der Waals surface area contributed by atoms with Crippen molar-refractivity contribution < 1.29 is 80.0 Å². The zero-order valence-corrected chi connectivity index (χ0v) is 52.8. The molecule has 5 heterocycles. The van der Waals surface area contributed by atoms with Crippen LogP contribution in [-0.2, 0) is 64.2 Å². The van der Waals surface area contributed by atoms with Crippen LogP contribution >= 0.6 is 38.1 Å².